The third kappa shape index (κ3) is 3.31. The highest BCUT2D eigenvalue weighted by Crippen LogP contribution is 2.04. The summed E-state index contributed by atoms with van der Waals surface area (Å²) in [6.45, 7) is 1.74. The fourth-order valence-electron chi connectivity index (χ4n) is 1.12. The Morgan fingerprint density at radius 2 is 2.25 bits per heavy atom. The van der Waals surface area contributed by atoms with Crippen molar-refractivity contribution in [2.75, 3.05) is 12.3 Å². The molecule has 1 rings (SSSR count). The lowest BCUT2D eigenvalue weighted by Crippen LogP contribution is -2.31. The number of amides is 1. The molecule has 1 aromatic heterocycles. The molecule has 1 aromatic rings. The van der Waals surface area contributed by atoms with Crippen molar-refractivity contribution >= 4 is 15.9 Å². The Morgan fingerprint density at radius 1 is 1.62 bits per heavy atom. The SMILES string of the molecule is Cc1c(C(=O)NCCS(N)(=O)=O)cnn1C. The van der Waals surface area contributed by atoms with Crippen molar-refractivity contribution in [2.24, 2.45) is 12.2 Å². The van der Waals surface area contributed by atoms with Gasteiger partial charge in [-0.2, -0.15) is 5.10 Å². The summed E-state index contributed by atoms with van der Waals surface area (Å²) in [5.41, 5.74) is 1.14. The predicted molar refractivity (Wildman–Crippen MR) is 58.3 cm³/mol. The largest absolute Gasteiger partial charge is 0.351 e. The highest BCUT2D eigenvalue weighted by molar-refractivity contribution is 7.89. The van der Waals surface area contributed by atoms with Crippen molar-refractivity contribution < 1.29 is 13.2 Å². The van der Waals surface area contributed by atoms with Crippen molar-refractivity contribution in [3.63, 3.8) is 0 Å². The zero-order valence-corrected chi connectivity index (χ0v) is 9.91. The van der Waals surface area contributed by atoms with Crippen LogP contribution in [0.5, 0.6) is 0 Å². The number of aryl methyl sites for hydroxylation is 1. The van der Waals surface area contributed by atoms with Gasteiger partial charge in [0.25, 0.3) is 5.91 Å². The Bertz CT molecular complexity index is 491. The highest BCUT2D eigenvalue weighted by atomic mass is 32.2. The molecule has 0 aliphatic carbocycles. The molecule has 16 heavy (non-hydrogen) atoms. The average molecular weight is 246 g/mol. The number of rotatable bonds is 4. The van der Waals surface area contributed by atoms with Gasteiger partial charge < -0.3 is 5.32 Å². The summed E-state index contributed by atoms with van der Waals surface area (Å²) in [5.74, 6) is -0.632. The lowest BCUT2D eigenvalue weighted by Gasteiger charge is -2.03. The van der Waals surface area contributed by atoms with Crippen LogP contribution in [0.25, 0.3) is 0 Å². The molecule has 3 N–H and O–H groups in total. The zero-order valence-electron chi connectivity index (χ0n) is 9.10. The number of primary sulfonamides is 1. The summed E-state index contributed by atoms with van der Waals surface area (Å²) < 4.78 is 22.8. The minimum absolute atomic E-state index is 0.00794. The average Bonchev–Trinajstić information content (AvgIpc) is 2.45. The molecule has 0 fully saturated rings. The fourth-order valence-corrected chi connectivity index (χ4v) is 1.51. The van der Waals surface area contributed by atoms with Crippen LogP contribution in [0, 0.1) is 6.92 Å². The first-order chi connectivity index (χ1) is 7.31. The molecule has 90 valence electrons. The van der Waals surface area contributed by atoms with E-state index in [0.717, 1.165) is 0 Å². The van der Waals surface area contributed by atoms with Gasteiger partial charge in [0.15, 0.2) is 0 Å². The molecule has 7 nitrogen and oxygen atoms in total. The Morgan fingerprint density at radius 3 is 2.69 bits per heavy atom. The van der Waals surface area contributed by atoms with E-state index in [9.17, 15) is 13.2 Å². The second kappa shape index (κ2) is 4.62. The van der Waals surface area contributed by atoms with E-state index in [2.05, 4.69) is 10.4 Å². The number of nitrogens with two attached hydrogens (primary N) is 1. The van der Waals surface area contributed by atoms with Gasteiger partial charge in [-0.15, -0.1) is 0 Å². The predicted octanol–water partition coefficient (Wildman–Crippen LogP) is -1.25. The summed E-state index contributed by atoms with van der Waals surface area (Å²) in [7, 11) is -1.82. The standard InChI is InChI=1S/C8H14N4O3S/c1-6-7(5-11-12(6)2)8(13)10-3-4-16(9,14)15/h5H,3-4H2,1-2H3,(H,10,13)(H2,9,14,15). The maximum Gasteiger partial charge on any atom is 0.254 e. The Kier molecular flexibility index (Phi) is 3.66. The molecule has 1 amide bonds. The molecule has 0 radical (unpaired) electrons. The minimum atomic E-state index is -3.54. The fraction of sp³-hybridized carbons (Fsp3) is 0.500. The van der Waals surface area contributed by atoms with Crippen molar-refractivity contribution in [1.29, 1.82) is 0 Å². The molecule has 0 bridgehead atoms. The number of nitrogens with zero attached hydrogens (tertiary/aromatic N) is 2. The smallest absolute Gasteiger partial charge is 0.254 e. The van der Waals surface area contributed by atoms with Crippen LogP contribution in [-0.4, -0.2) is 36.4 Å². The molecule has 0 aliphatic heterocycles. The summed E-state index contributed by atoms with van der Waals surface area (Å²) in [5, 5.41) is 11.2. The van der Waals surface area contributed by atoms with Crippen LogP contribution in [0.3, 0.4) is 0 Å². The Labute approximate surface area is 93.7 Å². The zero-order chi connectivity index (χ0) is 12.3. The number of hydrogen-bond acceptors (Lipinski definition) is 4. The van der Waals surface area contributed by atoms with Crippen LogP contribution in [0.4, 0.5) is 0 Å². The van der Waals surface area contributed by atoms with E-state index < -0.39 is 10.0 Å². The van der Waals surface area contributed by atoms with Crippen LogP contribution < -0.4 is 10.5 Å². The Hall–Kier alpha value is -1.41. The summed E-state index contributed by atoms with van der Waals surface area (Å²) in [6.07, 6.45) is 1.43. The number of carbonyl (C=O) groups excluding carboxylic acids is 1. The number of sulfonamides is 1. The van der Waals surface area contributed by atoms with Crippen molar-refractivity contribution in [3.8, 4) is 0 Å². The van der Waals surface area contributed by atoms with Crippen LogP contribution in [-0.2, 0) is 17.1 Å². The molecule has 0 atom stereocenters. The van der Waals surface area contributed by atoms with Gasteiger partial charge in [0.05, 0.1) is 17.5 Å². The van der Waals surface area contributed by atoms with Gasteiger partial charge in [-0.3, -0.25) is 9.48 Å². The molecule has 0 saturated carbocycles. The summed E-state index contributed by atoms with van der Waals surface area (Å²) >= 11 is 0. The summed E-state index contributed by atoms with van der Waals surface area (Å²) in [6, 6.07) is 0. The van der Waals surface area contributed by atoms with Gasteiger partial charge in [0.2, 0.25) is 10.0 Å². The van der Waals surface area contributed by atoms with E-state index in [1.165, 1.54) is 6.20 Å². The number of aromatic nitrogens is 2. The topological polar surface area (TPSA) is 107 Å². The van der Waals surface area contributed by atoms with E-state index in [1.54, 1.807) is 18.7 Å². The molecule has 0 aliphatic rings. The number of carbonyl (C=O) groups is 1. The monoisotopic (exact) mass is 246 g/mol. The highest BCUT2D eigenvalue weighted by Gasteiger charge is 2.12. The van der Waals surface area contributed by atoms with Gasteiger partial charge in [0.1, 0.15) is 0 Å². The summed E-state index contributed by atoms with van der Waals surface area (Å²) in [4.78, 5) is 11.6. The lowest BCUT2D eigenvalue weighted by molar-refractivity contribution is 0.0955. The second-order valence-corrected chi connectivity index (χ2v) is 5.12. The third-order valence-electron chi connectivity index (χ3n) is 2.15. The van der Waals surface area contributed by atoms with Crippen molar-refractivity contribution in [2.45, 2.75) is 6.92 Å². The van der Waals surface area contributed by atoms with E-state index in [1.807, 2.05) is 0 Å². The molecule has 0 spiro atoms. The van der Waals surface area contributed by atoms with Crippen LogP contribution in [0.1, 0.15) is 16.1 Å². The normalized spacial score (nSPS) is 11.4. The van der Waals surface area contributed by atoms with E-state index in [0.29, 0.717) is 11.3 Å². The van der Waals surface area contributed by atoms with Crippen molar-refractivity contribution in [1.82, 2.24) is 15.1 Å². The third-order valence-corrected chi connectivity index (χ3v) is 2.93. The van der Waals surface area contributed by atoms with Gasteiger partial charge in [-0.05, 0) is 6.92 Å². The maximum absolute atomic E-state index is 11.6. The first kappa shape index (κ1) is 12.7. The van der Waals surface area contributed by atoms with E-state index in [4.69, 9.17) is 5.14 Å². The molecule has 1 heterocycles. The van der Waals surface area contributed by atoms with Gasteiger partial charge in [-0.25, -0.2) is 13.6 Å². The number of hydrogen-bond donors (Lipinski definition) is 2. The number of nitrogens with one attached hydrogen (secondary N) is 1. The van der Waals surface area contributed by atoms with E-state index in [-0.39, 0.29) is 18.2 Å². The van der Waals surface area contributed by atoms with Crippen LogP contribution in [0.15, 0.2) is 6.20 Å². The maximum atomic E-state index is 11.6. The quantitative estimate of drug-likeness (QED) is 0.691. The Balaban J connectivity index is 2.57. The molecule has 8 heteroatoms. The molecular weight excluding hydrogens is 232 g/mol. The van der Waals surface area contributed by atoms with Crippen LogP contribution >= 0.6 is 0 Å². The molecule has 0 saturated heterocycles. The van der Waals surface area contributed by atoms with E-state index >= 15 is 0 Å². The molecule has 0 aromatic carbocycles. The van der Waals surface area contributed by atoms with Crippen molar-refractivity contribution in [3.05, 3.63) is 17.5 Å². The van der Waals surface area contributed by atoms with Gasteiger partial charge in [0, 0.05) is 19.3 Å². The first-order valence-corrected chi connectivity index (χ1v) is 6.30. The van der Waals surface area contributed by atoms with Gasteiger partial charge >= 0.3 is 0 Å². The first-order valence-electron chi connectivity index (χ1n) is 4.58. The van der Waals surface area contributed by atoms with Crippen LogP contribution in [0.2, 0.25) is 0 Å². The second-order valence-electron chi connectivity index (χ2n) is 3.39. The molecular formula is C8H14N4O3S. The van der Waals surface area contributed by atoms with Gasteiger partial charge in [-0.1, -0.05) is 0 Å². The lowest BCUT2D eigenvalue weighted by atomic mass is 10.2. The molecule has 0 unspecified atom stereocenters. The minimum Gasteiger partial charge on any atom is -0.351 e.